The van der Waals surface area contributed by atoms with Crippen LogP contribution in [0.5, 0.6) is 11.5 Å². The van der Waals surface area contributed by atoms with Crippen LogP contribution in [0.4, 0.5) is 0 Å². The van der Waals surface area contributed by atoms with Gasteiger partial charge in [-0.2, -0.15) is 5.10 Å². The molecule has 0 saturated heterocycles. The molecule has 128 valence electrons. The van der Waals surface area contributed by atoms with E-state index >= 15 is 0 Å². The number of hydrogen-bond donors (Lipinski definition) is 2. The molecule has 0 amide bonds. The van der Waals surface area contributed by atoms with Gasteiger partial charge in [0.25, 0.3) is 0 Å². The first kappa shape index (κ1) is 15.5. The van der Waals surface area contributed by atoms with Crippen molar-refractivity contribution in [3.63, 3.8) is 0 Å². The first-order valence-corrected chi connectivity index (χ1v) is 8.49. The first-order valence-electron chi connectivity index (χ1n) is 8.49. The molecule has 0 fully saturated rings. The van der Waals surface area contributed by atoms with Gasteiger partial charge in [-0.15, -0.1) is 0 Å². The fraction of sp³-hybridized carbons (Fsp3) is 0.500. The predicted molar refractivity (Wildman–Crippen MR) is 88.9 cm³/mol. The van der Waals surface area contributed by atoms with Crippen LogP contribution >= 0.6 is 0 Å². The quantitative estimate of drug-likeness (QED) is 0.876. The maximum atomic E-state index is 9.40. The van der Waals surface area contributed by atoms with Crippen molar-refractivity contribution < 1.29 is 14.6 Å². The Bertz CT molecular complexity index is 715. The molecule has 2 aromatic rings. The Morgan fingerprint density at radius 2 is 2.21 bits per heavy atom. The summed E-state index contributed by atoms with van der Waals surface area (Å²) in [7, 11) is 0. The molecule has 1 aromatic carbocycles. The smallest absolute Gasteiger partial charge is 0.231 e. The number of benzene rings is 1. The van der Waals surface area contributed by atoms with Gasteiger partial charge in [0.05, 0.1) is 12.3 Å². The molecule has 6 nitrogen and oxygen atoms in total. The lowest BCUT2D eigenvalue weighted by Crippen LogP contribution is -2.34. The lowest BCUT2D eigenvalue weighted by atomic mass is 9.98. The number of aromatic nitrogens is 2. The SMILES string of the molecule is C[C@H](Cc1ccc2c(c1)OCO2)CN1CCc2[nH]nc(CO)c2C1. The molecule has 0 aliphatic carbocycles. The second-order valence-corrected chi connectivity index (χ2v) is 6.77. The van der Waals surface area contributed by atoms with Crippen molar-refractivity contribution in [2.75, 3.05) is 19.9 Å². The normalized spacial score (nSPS) is 17.8. The lowest BCUT2D eigenvalue weighted by Gasteiger charge is -2.29. The van der Waals surface area contributed by atoms with Gasteiger partial charge in [-0.05, 0) is 30.0 Å². The van der Waals surface area contributed by atoms with E-state index < -0.39 is 0 Å². The molecular formula is C18H23N3O3. The van der Waals surface area contributed by atoms with E-state index in [9.17, 15) is 5.11 Å². The molecular weight excluding hydrogens is 306 g/mol. The summed E-state index contributed by atoms with van der Waals surface area (Å²) in [6, 6.07) is 6.21. The summed E-state index contributed by atoms with van der Waals surface area (Å²) in [5.74, 6) is 2.23. The second-order valence-electron chi connectivity index (χ2n) is 6.77. The standard InChI is InChI=1S/C18H23N3O3/c1-12(6-13-2-3-17-18(7-13)24-11-23-17)8-21-5-4-15-14(9-21)16(10-22)20-19-15/h2-3,7,12,22H,4-6,8-11H2,1H3,(H,19,20)/t12-/m1/s1. The maximum Gasteiger partial charge on any atom is 0.231 e. The van der Waals surface area contributed by atoms with E-state index in [0.29, 0.717) is 12.7 Å². The Kier molecular flexibility index (Phi) is 4.16. The molecule has 0 saturated carbocycles. The van der Waals surface area contributed by atoms with E-state index in [1.165, 1.54) is 16.8 Å². The molecule has 1 aromatic heterocycles. The molecule has 0 unspecified atom stereocenters. The Hall–Kier alpha value is -2.05. The number of aromatic amines is 1. The van der Waals surface area contributed by atoms with Crippen molar-refractivity contribution in [2.24, 2.45) is 5.92 Å². The number of rotatable bonds is 5. The predicted octanol–water partition coefficient (Wildman–Crippen LogP) is 1.87. The van der Waals surface area contributed by atoms with E-state index in [0.717, 1.165) is 49.7 Å². The van der Waals surface area contributed by atoms with Crippen molar-refractivity contribution in [1.29, 1.82) is 0 Å². The number of ether oxygens (including phenoxy) is 2. The minimum atomic E-state index is 0.00637. The van der Waals surface area contributed by atoms with Gasteiger partial charge >= 0.3 is 0 Å². The second kappa shape index (κ2) is 6.45. The van der Waals surface area contributed by atoms with Crippen LogP contribution in [0.15, 0.2) is 18.2 Å². The minimum Gasteiger partial charge on any atom is -0.454 e. The third kappa shape index (κ3) is 2.99. The number of aliphatic hydroxyl groups is 1. The summed E-state index contributed by atoms with van der Waals surface area (Å²) in [6.45, 7) is 5.54. The zero-order chi connectivity index (χ0) is 16.5. The van der Waals surface area contributed by atoms with Gasteiger partial charge in [-0.3, -0.25) is 10.00 Å². The maximum absolute atomic E-state index is 9.40. The molecule has 24 heavy (non-hydrogen) atoms. The van der Waals surface area contributed by atoms with Crippen LogP contribution in [0.25, 0.3) is 0 Å². The number of H-pyrrole nitrogens is 1. The summed E-state index contributed by atoms with van der Waals surface area (Å²) in [4.78, 5) is 2.45. The monoisotopic (exact) mass is 329 g/mol. The number of fused-ring (bicyclic) bond motifs is 2. The summed E-state index contributed by atoms with van der Waals surface area (Å²) >= 11 is 0. The number of nitrogens with zero attached hydrogens (tertiary/aromatic N) is 2. The van der Waals surface area contributed by atoms with Crippen LogP contribution in [-0.2, 0) is 26.0 Å². The average Bonchev–Trinajstić information content (AvgIpc) is 3.20. The Labute approximate surface area is 141 Å². The Morgan fingerprint density at radius 3 is 3.08 bits per heavy atom. The van der Waals surface area contributed by atoms with Gasteiger partial charge in [-0.1, -0.05) is 13.0 Å². The van der Waals surface area contributed by atoms with Gasteiger partial charge in [0.1, 0.15) is 0 Å². The van der Waals surface area contributed by atoms with Crippen molar-refractivity contribution in [2.45, 2.75) is 32.9 Å². The molecule has 3 heterocycles. The molecule has 2 aliphatic heterocycles. The van der Waals surface area contributed by atoms with E-state index in [2.05, 4.69) is 34.2 Å². The summed E-state index contributed by atoms with van der Waals surface area (Å²) in [5.41, 5.74) is 4.43. The first-order chi connectivity index (χ1) is 11.7. The molecule has 2 N–H and O–H groups in total. The molecule has 0 bridgehead atoms. The number of aliphatic hydroxyl groups excluding tert-OH is 1. The van der Waals surface area contributed by atoms with Crippen molar-refractivity contribution in [3.05, 3.63) is 40.7 Å². The van der Waals surface area contributed by atoms with E-state index in [1.54, 1.807) is 0 Å². The zero-order valence-electron chi connectivity index (χ0n) is 13.9. The highest BCUT2D eigenvalue weighted by atomic mass is 16.7. The van der Waals surface area contributed by atoms with Crippen LogP contribution in [0.2, 0.25) is 0 Å². The van der Waals surface area contributed by atoms with Crippen LogP contribution in [0.1, 0.15) is 29.4 Å². The van der Waals surface area contributed by atoms with Crippen LogP contribution < -0.4 is 9.47 Å². The highest BCUT2D eigenvalue weighted by Gasteiger charge is 2.23. The van der Waals surface area contributed by atoms with Gasteiger partial charge in [-0.25, -0.2) is 0 Å². The fourth-order valence-electron chi connectivity index (χ4n) is 3.67. The van der Waals surface area contributed by atoms with Gasteiger partial charge in [0.15, 0.2) is 11.5 Å². The fourth-order valence-corrected chi connectivity index (χ4v) is 3.67. The topological polar surface area (TPSA) is 70.6 Å². The van der Waals surface area contributed by atoms with E-state index in [-0.39, 0.29) is 6.61 Å². The highest BCUT2D eigenvalue weighted by molar-refractivity contribution is 5.44. The third-order valence-electron chi connectivity index (χ3n) is 4.84. The molecule has 1 atom stereocenters. The van der Waals surface area contributed by atoms with Crippen molar-refractivity contribution in [3.8, 4) is 11.5 Å². The largest absolute Gasteiger partial charge is 0.454 e. The highest BCUT2D eigenvalue weighted by Crippen LogP contribution is 2.33. The lowest BCUT2D eigenvalue weighted by molar-refractivity contribution is 0.174. The molecule has 6 heteroatoms. The van der Waals surface area contributed by atoms with E-state index in [4.69, 9.17) is 9.47 Å². The summed E-state index contributed by atoms with van der Waals surface area (Å²) < 4.78 is 10.8. The van der Waals surface area contributed by atoms with Gasteiger partial charge in [0.2, 0.25) is 6.79 Å². The van der Waals surface area contributed by atoms with Gasteiger partial charge < -0.3 is 14.6 Å². The minimum absolute atomic E-state index is 0.00637. The van der Waals surface area contributed by atoms with Crippen LogP contribution in [-0.4, -0.2) is 40.1 Å². The molecule has 2 aliphatic rings. The summed E-state index contributed by atoms with van der Waals surface area (Å²) in [5, 5.41) is 16.7. The van der Waals surface area contributed by atoms with Crippen LogP contribution in [0.3, 0.4) is 0 Å². The average molecular weight is 329 g/mol. The zero-order valence-corrected chi connectivity index (χ0v) is 13.9. The van der Waals surface area contributed by atoms with Crippen molar-refractivity contribution in [1.82, 2.24) is 15.1 Å². The van der Waals surface area contributed by atoms with Gasteiger partial charge in [0, 0.05) is 37.3 Å². The molecule has 0 spiro atoms. The van der Waals surface area contributed by atoms with Crippen LogP contribution in [0, 0.1) is 5.92 Å². The van der Waals surface area contributed by atoms with Crippen molar-refractivity contribution >= 4 is 0 Å². The number of nitrogens with one attached hydrogen (secondary N) is 1. The Morgan fingerprint density at radius 1 is 1.33 bits per heavy atom. The molecule has 0 radical (unpaired) electrons. The van der Waals surface area contributed by atoms with E-state index in [1.807, 2.05) is 6.07 Å². The molecule has 4 rings (SSSR count). The third-order valence-corrected chi connectivity index (χ3v) is 4.84. The number of hydrogen-bond acceptors (Lipinski definition) is 5. The Balaban J connectivity index is 1.37. The summed E-state index contributed by atoms with van der Waals surface area (Å²) in [6.07, 6.45) is 1.98.